The van der Waals surface area contributed by atoms with E-state index in [4.69, 9.17) is 23.2 Å². The maximum atomic E-state index is 12.9. The minimum atomic E-state index is -0.665. The lowest BCUT2D eigenvalue weighted by Crippen LogP contribution is -2.32. The van der Waals surface area contributed by atoms with E-state index >= 15 is 0 Å². The fourth-order valence-corrected chi connectivity index (χ4v) is 3.83. The normalized spacial score (nSPS) is 13.5. The highest BCUT2D eigenvalue weighted by Gasteiger charge is 2.39. The van der Waals surface area contributed by atoms with Gasteiger partial charge in [-0.05, 0) is 67.4 Å². The molecule has 2 N–H and O–H groups in total. The summed E-state index contributed by atoms with van der Waals surface area (Å²) in [7, 11) is 0. The molecule has 1 aliphatic heterocycles. The van der Waals surface area contributed by atoms with Crippen LogP contribution >= 0.6 is 23.2 Å². The van der Waals surface area contributed by atoms with Crippen molar-refractivity contribution in [3.8, 4) is 0 Å². The molecule has 3 aromatic carbocycles. The Hall–Kier alpha value is -3.61. The summed E-state index contributed by atoms with van der Waals surface area (Å²) in [5.41, 5.74) is 3.95. The van der Waals surface area contributed by atoms with Crippen LogP contribution in [0.15, 0.2) is 77.5 Å². The molecule has 0 fully saturated rings. The van der Waals surface area contributed by atoms with Gasteiger partial charge in [-0.25, -0.2) is 4.90 Å². The zero-order valence-corrected chi connectivity index (χ0v) is 19.3. The first-order valence-corrected chi connectivity index (χ1v) is 10.8. The number of para-hydroxylation sites is 1. The Labute approximate surface area is 200 Å². The van der Waals surface area contributed by atoms with Gasteiger partial charge < -0.3 is 10.6 Å². The summed E-state index contributed by atoms with van der Waals surface area (Å²) in [4.78, 5) is 39.1. The number of amides is 3. The van der Waals surface area contributed by atoms with Gasteiger partial charge in [-0.15, -0.1) is 0 Å². The molecule has 6 nitrogen and oxygen atoms in total. The average Bonchev–Trinajstić information content (AvgIpc) is 3.01. The quantitative estimate of drug-likeness (QED) is 0.463. The fraction of sp³-hybridized carbons (Fsp3) is 0.0800. The largest absolute Gasteiger partial charge is 0.350 e. The molecule has 0 unspecified atom stereocenters. The molecule has 3 amide bonds. The van der Waals surface area contributed by atoms with E-state index in [0.29, 0.717) is 11.3 Å². The number of rotatable bonds is 5. The van der Waals surface area contributed by atoms with Crippen LogP contribution in [0.5, 0.6) is 0 Å². The fourth-order valence-electron chi connectivity index (χ4n) is 3.39. The first-order valence-electron chi connectivity index (χ1n) is 10.1. The van der Waals surface area contributed by atoms with Gasteiger partial charge in [-0.1, -0.05) is 47.5 Å². The summed E-state index contributed by atoms with van der Waals surface area (Å²) < 4.78 is 0. The van der Waals surface area contributed by atoms with Gasteiger partial charge in [0.25, 0.3) is 17.7 Å². The standard InChI is InChI=1S/C25H19Cl2N3O3/c1-14-6-5-8-19(15(14)2)29-23(31)16-10-12-17(13-11-16)28-22-21(27)24(32)30(25(22)33)20-9-4-3-7-18(20)26/h3-13,28H,1-2H3,(H,29,31). The van der Waals surface area contributed by atoms with E-state index in [0.717, 1.165) is 21.7 Å². The predicted octanol–water partition coefficient (Wildman–Crippen LogP) is 5.64. The predicted molar refractivity (Wildman–Crippen MR) is 131 cm³/mol. The summed E-state index contributed by atoms with van der Waals surface area (Å²) in [5.74, 6) is -1.54. The number of nitrogens with one attached hydrogen (secondary N) is 2. The van der Waals surface area contributed by atoms with Crippen molar-refractivity contribution in [2.75, 3.05) is 15.5 Å². The zero-order chi connectivity index (χ0) is 23.7. The molecule has 0 aromatic heterocycles. The molecule has 1 heterocycles. The van der Waals surface area contributed by atoms with Gasteiger partial charge in [0.1, 0.15) is 10.7 Å². The van der Waals surface area contributed by atoms with E-state index in [-0.39, 0.29) is 27.3 Å². The molecular formula is C25H19Cl2N3O3. The molecule has 0 bridgehead atoms. The summed E-state index contributed by atoms with van der Waals surface area (Å²) in [6, 6.07) is 18.7. The van der Waals surface area contributed by atoms with Crippen molar-refractivity contribution in [1.29, 1.82) is 0 Å². The van der Waals surface area contributed by atoms with Crippen molar-refractivity contribution in [1.82, 2.24) is 0 Å². The van der Waals surface area contributed by atoms with Crippen LogP contribution < -0.4 is 15.5 Å². The zero-order valence-electron chi connectivity index (χ0n) is 17.8. The lowest BCUT2D eigenvalue weighted by molar-refractivity contribution is -0.120. The van der Waals surface area contributed by atoms with Crippen molar-refractivity contribution >= 4 is 58.0 Å². The molecule has 0 atom stereocenters. The number of aryl methyl sites for hydroxylation is 1. The van der Waals surface area contributed by atoms with Gasteiger partial charge >= 0.3 is 0 Å². The summed E-state index contributed by atoms with van der Waals surface area (Å²) in [5, 5.41) is 5.80. The first-order chi connectivity index (χ1) is 15.8. The molecular weight excluding hydrogens is 461 g/mol. The number of hydrogen-bond donors (Lipinski definition) is 2. The monoisotopic (exact) mass is 479 g/mol. The topological polar surface area (TPSA) is 78.5 Å². The molecule has 0 spiro atoms. The van der Waals surface area contributed by atoms with Gasteiger partial charge in [0.15, 0.2) is 0 Å². The highest BCUT2D eigenvalue weighted by atomic mass is 35.5. The van der Waals surface area contributed by atoms with Crippen molar-refractivity contribution in [3.05, 3.63) is 99.2 Å². The summed E-state index contributed by atoms with van der Waals surface area (Å²) in [6.45, 7) is 3.93. The summed E-state index contributed by atoms with van der Waals surface area (Å²) >= 11 is 12.3. The molecule has 4 rings (SSSR count). The molecule has 0 aliphatic carbocycles. The van der Waals surface area contributed by atoms with Crippen LogP contribution in [0.2, 0.25) is 5.02 Å². The summed E-state index contributed by atoms with van der Waals surface area (Å²) in [6.07, 6.45) is 0. The first kappa shape index (κ1) is 22.6. The van der Waals surface area contributed by atoms with Crippen LogP contribution in [-0.2, 0) is 9.59 Å². The van der Waals surface area contributed by atoms with E-state index in [1.807, 2.05) is 32.0 Å². The number of halogens is 2. The molecule has 0 saturated carbocycles. The Balaban J connectivity index is 1.50. The number of hydrogen-bond acceptors (Lipinski definition) is 4. The van der Waals surface area contributed by atoms with E-state index in [1.165, 1.54) is 0 Å². The SMILES string of the molecule is Cc1cccc(NC(=O)c2ccc(NC3=C(Cl)C(=O)N(c4ccccc4Cl)C3=O)cc2)c1C. The highest BCUT2D eigenvalue weighted by molar-refractivity contribution is 6.53. The van der Waals surface area contributed by atoms with E-state index in [9.17, 15) is 14.4 Å². The number of benzene rings is 3. The van der Waals surface area contributed by atoms with Gasteiger partial charge in [0.2, 0.25) is 0 Å². The number of nitrogens with zero attached hydrogens (tertiary/aromatic N) is 1. The number of carbonyl (C=O) groups is 3. The van der Waals surface area contributed by atoms with Crippen LogP contribution in [0, 0.1) is 13.8 Å². The van der Waals surface area contributed by atoms with Crippen LogP contribution in [0.25, 0.3) is 0 Å². The average molecular weight is 480 g/mol. The van der Waals surface area contributed by atoms with E-state index in [1.54, 1.807) is 48.5 Å². The van der Waals surface area contributed by atoms with Crippen LogP contribution in [0.4, 0.5) is 17.1 Å². The highest BCUT2D eigenvalue weighted by Crippen LogP contribution is 2.34. The second kappa shape index (κ2) is 9.10. The lowest BCUT2D eigenvalue weighted by atomic mass is 10.1. The van der Waals surface area contributed by atoms with Gasteiger partial charge in [0.05, 0.1) is 10.7 Å². The second-order valence-corrected chi connectivity index (χ2v) is 8.28. The van der Waals surface area contributed by atoms with Gasteiger partial charge in [0, 0.05) is 16.9 Å². The third-order valence-corrected chi connectivity index (χ3v) is 6.06. The van der Waals surface area contributed by atoms with Crippen molar-refractivity contribution < 1.29 is 14.4 Å². The van der Waals surface area contributed by atoms with Crippen LogP contribution in [-0.4, -0.2) is 17.7 Å². The number of anilines is 3. The van der Waals surface area contributed by atoms with Crippen molar-refractivity contribution in [3.63, 3.8) is 0 Å². The molecule has 8 heteroatoms. The van der Waals surface area contributed by atoms with Crippen molar-refractivity contribution in [2.24, 2.45) is 0 Å². The Morgan fingerprint density at radius 3 is 2.24 bits per heavy atom. The molecule has 166 valence electrons. The molecule has 33 heavy (non-hydrogen) atoms. The van der Waals surface area contributed by atoms with Gasteiger partial charge in [-0.2, -0.15) is 0 Å². The Bertz CT molecular complexity index is 1320. The molecule has 0 saturated heterocycles. The maximum Gasteiger partial charge on any atom is 0.283 e. The van der Waals surface area contributed by atoms with Crippen LogP contribution in [0.1, 0.15) is 21.5 Å². The van der Waals surface area contributed by atoms with E-state index < -0.39 is 11.8 Å². The smallest absolute Gasteiger partial charge is 0.283 e. The third kappa shape index (κ3) is 4.35. The molecule has 0 radical (unpaired) electrons. The third-order valence-electron chi connectivity index (χ3n) is 5.39. The van der Waals surface area contributed by atoms with Gasteiger partial charge in [-0.3, -0.25) is 14.4 Å². The Kier molecular flexibility index (Phi) is 6.22. The maximum absolute atomic E-state index is 12.9. The number of carbonyl (C=O) groups excluding carboxylic acids is 3. The molecule has 3 aromatic rings. The minimum absolute atomic E-state index is 0.0610. The Morgan fingerprint density at radius 2 is 1.55 bits per heavy atom. The second-order valence-electron chi connectivity index (χ2n) is 7.49. The number of imide groups is 1. The van der Waals surface area contributed by atoms with Crippen LogP contribution in [0.3, 0.4) is 0 Å². The van der Waals surface area contributed by atoms with Crippen molar-refractivity contribution in [2.45, 2.75) is 13.8 Å². The lowest BCUT2D eigenvalue weighted by Gasteiger charge is -2.16. The van der Waals surface area contributed by atoms with E-state index in [2.05, 4.69) is 10.6 Å². The Morgan fingerprint density at radius 1 is 0.848 bits per heavy atom. The minimum Gasteiger partial charge on any atom is -0.350 e. The molecule has 1 aliphatic rings.